The molecule has 2 amide bonds. The summed E-state index contributed by atoms with van der Waals surface area (Å²) in [5.74, 6) is -1.03. The third-order valence-electron chi connectivity index (χ3n) is 2.46. The van der Waals surface area contributed by atoms with E-state index in [-0.39, 0.29) is 25.8 Å². The highest BCUT2D eigenvalue weighted by Crippen LogP contribution is 2.17. The van der Waals surface area contributed by atoms with Crippen molar-refractivity contribution < 1.29 is 19.4 Å². The summed E-state index contributed by atoms with van der Waals surface area (Å²) in [7, 11) is 1.69. The standard InChI is InChI=1S/C13H17BrN2O4/c1-16(8-10-4-2-3-5-11(10)14)13(19)15-6-7-20-9-12(17)18/h2-5H,6-9H2,1H3,(H,15,19)(H,17,18). The van der Waals surface area contributed by atoms with Crippen molar-refractivity contribution in [3.05, 3.63) is 34.3 Å². The average Bonchev–Trinajstić information content (AvgIpc) is 2.40. The van der Waals surface area contributed by atoms with Crippen LogP contribution >= 0.6 is 15.9 Å². The Morgan fingerprint density at radius 2 is 2.10 bits per heavy atom. The summed E-state index contributed by atoms with van der Waals surface area (Å²) in [5, 5.41) is 11.0. The van der Waals surface area contributed by atoms with Gasteiger partial charge in [0.2, 0.25) is 0 Å². The minimum Gasteiger partial charge on any atom is -0.480 e. The van der Waals surface area contributed by atoms with Gasteiger partial charge < -0.3 is 20.1 Å². The van der Waals surface area contributed by atoms with Gasteiger partial charge in [-0.3, -0.25) is 0 Å². The first-order valence-electron chi connectivity index (χ1n) is 6.02. The molecule has 7 heteroatoms. The zero-order chi connectivity index (χ0) is 15.0. The van der Waals surface area contributed by atoms with Crippen LogP contribution in [-0.4, -0.2) is 48.8 Å². The van der Waals surface area contributed by atoms with Gasteiger partial charge in [0.25, 0.3) is 0 Å². The molecule has 1 aromatic carbocycles. The number of halogens is 1. The number of benzene rings is 1. The van der Waals surface area contributed by atoms with E-state index in [4.69, 9.17) is 9.84 Å². The van der Waals surface area contributed by atoms with Gasteiger partial charge in [-0.25, -0.2) is 9.59 Å². The fourth-order valence-corrected chi connectivity index (χ4v) is 1.89. The molecule has 20 heavy (non-hydrogen) atoms. The van der Waals surface area contributed by atoms with Crippen LogP contribution in [0.4, 0.5) is 4.79 Å². The second kappa shape index (κ2) is 8.55. The summed E-state index contributed by atoms with van der Waals surface area (Å²) >= 11 is 3.43. The number of urea groups is 1. The van der Waals surface area contributed by atoms with E-state index in [1.807, 2.05) is 24.3 Å². The lowest BCUT2D eigenvalue weighted by atomic mass is 10.2. The van der Waals surface area contributed by atoms with E-state index in [2.05, 4.69) is 21.2 Å². The molecule has 0 bridgehead atoms. The number of carboxylic acids is 1. The van der Waals surface area contributed by atoms with Gasteiger partial charge in [0.1, 0.15) is 6.61 Å². The van der Waals surface area contributed by atoms with Gasteiger partial charge in [0.15, 0.2) is 0 Å². The molecule has 1 rings (SSSR count). The van der Waals surface area contributed by atoms with Crippen LogP contribution in [0.5, 0.6) is 0 Å². The summed E-state index contributed by atoms with van der Waals surface area (Å²) in [6.07, 6.45) is 0. The lowest BCUT2D eigenvalue weighted by Gasteiger charge is -2.18. The molecule has 0 aliphatic carbocycles. The predicted molar refractivity (Wildman–Crippen MR) is 77.5 cm³/mol. The summed E-state index contributed by atoms with van der Waals surface area (Å²) in [6.45, 7) is 0.555. The second-order valence-electron chi connectivity index (χ2n) is 4.13. The van der Waals surface area contributed by atoms with E-state index in [9.17, 15) is 9.59 Å². The highest BCUT2D eigenvalue weighted by Gasteiger charge is 2.09. The first-order chi connectivity index (χ1) is 9.50. The van der Waals surface area contributed by atoms with Gasteiger partial charge in [-0.15, -0.1) is 0 Å². The van der Waals surface area contributed by atoms with Gasteiger partial charge in [0.05, 0.1) is 6.61 Å². The molecule has 1 aromatic rings. The molecule has 6 nitrogen and oxygen atoms in total. The van der Waals surface area contributed by atoms with E-state index >= 15 is 0 Å². The summed E-state index contributed by atoms with van der Waals surface area (Å²) < 4.78 is 5.77. The normalized spacial score (nSPS) is 10.1. The number of carbonyl (C=O) groups excluding carboxylic acids is 1. The third-order valence-corrected chi connectivity index (χ3v) is 3.23. The number of hydrogen-bond donors (Lipinski definition) is 2. The molecule has 0 fully saturated rings. The molecule has 0 atom stereocenters. The molecule has 0 saturated carbocycles. The first kappa shape index (κ1) is 16.5. The van der Waals surface area contributed by atoms with Gasteiger partial charge in [-0.2, -0.15) is 0 Å². The Hall–Kier alpha value is -1.60. The van der Waals surface area contributed by atoms with Crippen LogP contribution in [0, 0.1) is 0 Å². The number of rotatable bonds is 7. The number of hydrogen-bond acceptors (Lipinski definition) is 3. The zero-order valence-corrected chi connectivity index (χ0v) is 12.7. The van der Waals surface area contributed by atoms with E-state index in [1.165, 1.54) is 4.90 Å². The van der Waals surface area contributed by atoms with Crippen LogP contribution in [0.2, 0.25) is 0 Å². The Bertz CT molecular complexity index is 467. The number of ether oxygens (including phenoxy) is 1. The summed E-state index contributed by atoms with van der Waals surface area (Å²) in [5.41, 5.74) is 1.01. The Balaban J connectivity index is 2.29. The second-order valence-corrected chi connectivity index (χ2v) is 4.98. The van der Waals surface area contributed by atoms with Crippen LogP contribution in [0.3, 0.4) is 0 Å². The van der Waals surface area contributed by atoms with Gasteiger partial charge in [0, 0.05) is 24.6 Å². The molecule has 2 N–H and O–H groups in total. The van der Waals surface area contributed by atoms with Crippen molar-refractivity contribution in [1.82, 2.24) is 10.2 Å². The monoisotopic (exact) mass is 344 g/mol. The van der Waals surface area contributed by atoms with Crippen molar-refractivity contribution in [2.75, 3.05) is 26.8 Å². The number of aliphatic carboxylic acids is 1. The van der Waals surface area contributed by atoms with Crippen LogP contribution in [0.25, 0.3) is 0 Å². The lowest BCUT2D eigenvalue weighted by Crippen LogP contribution is -2.38. The third kappa shape index (κ3) is 6.03. The average molecular weight is 345 g/mol. The highest BCUT2D eigenvalue weighted by molar-refractivity contribution is 9.10. The van der Waals surface area contributed by atoms with Crippen molar-refractivity contribution in [3.63, 3.8) is 0 Å². The molecule has 0 heterocycles. The fourth-order valence-electron chi connectivity index (χ4n) is 1.48. The molecule has 0 aliphatic rings. The van der Waals surface area contributed by atoms with Gasteiger partial charge >= 0.3 is 12.0 Å². The molecule has 0 unspecified atom stereocenters. The molecule has 110 valence electrons. The SMILES string of the molecule is CN(Cc1ccccc1Br)C(=O)NCCOCC(=O)O. The molecular weight excluding hydrogens is 328 g/mol. The maximum Gasteiger partial charge on any atom is 0.329 e. The van der Waals surface area contributed by atoms with Crippen LogP contribution in [0.15, 0.2) is 28.7 Å². The maximum atomic E-state index is 11.8. The Morgan fingerprint density at radius 3 is 2.75 bits per heavy atom. The maximum absolute atomic E-state index is 11.8. The Morgan fingerprint density at radius 1 is 1.40 bits per heavy atom. The van der Waals surface area contributed by atoms with Crippen molar-refractivity contribution in [1.29, 1.82) is 0 Å². The van der Waals surface area contributed by atoms with Gasteiger partial charge in [-0.05, 0) is 11.6 Å². The van der Waals surface area contributed by atoms with E-state index in [0.717, 1.165) is 10.0 Å². The molecule has 0 aromatic heterocycles. The lowest BCUT2D eigenvalue weighted by molar-refractivity contribution is -0.142. The zero-order valence-electron chi connectivity index (χ0n) is 11.1. The summed E-state index contributed by atoms with van der Waals surface area (Å²) in [6, 6.07) is 7.43. The van der Waals surface area contributed by atoms with Crippen LogP contribution in [-0.2, 0) is 16.1 Å². The molecule has 0 saturated heterocycles. The Kier molecular flexibility index (Phi) is 7.03. The molecular formula is C13H17BrN2O4. The van der Waals surface area contributed by atoms with Crippen molar-refractivity contribution in [2.24, 2.45) is 0 Å². The van der Waals surface area contributed by atoms with E-state index in [1.54, 1.807) is 7.05 Å². The highest BCUT2D eigenvalue weighted by atomic mass is 79.9. The molecule has 0 radical (unpaired) electrons. The van der Waals surface area contributed by atoms with Crippen LogP contribution in [0.1, 0.15) is 5.56 Å². The van der Waals surface area contributed by atoms with Crippen molar-refractivity contribution >= 4 is 27.9 Å². The van der Waals surface area contributed by atoms with E-state index in [0.29, 0.717) is 6.54 Å². The van der Waals surface area contributed by atoms with Crippen molar-refractivity contribution in [3.8, 4) is 0 Å². The minimum absolute atomic E-state index is 0.168. The number of amides is 2. The quantitative estimate of drug-likeness (QED) is 0.737. The van der Waals surface area contributed by atoms with Gasteiger partial charge in [-0.1, -0.05) is 34.1 Å². The summed E-state index contributed by atoms with van der Waals surface area (Å²) in [4.78, 5) is 23.5. The largest absolute Gasteiger partial charge is 0.480 e. The smallest absolute Gasteiger partial charge is 0.329 e. The molecule has 0 aliphatic heterocycles. The fraction of sp³-hybridized carbons (Fsp3) is 0.385. The van der Waals surface area contributed by atoms with E-state index < -0.39 is 5.97 Å². The Labute approximate surface area is 125 Å². The number of carboxylic acid groups (broad SMARTS) is 1. The number of nitrogens with one attached hydrogen (secondary N) is 1. The number of carbonyl (C=O) groups is 2. The van der Waals surface area contributed by atoms with Crippen LogP contribution < -0.4 is 5.32 Å². The minimum atomic E-state index is -1.03. The van der Waals surface area contributed by atoms with Crippen molar-refractivity contribution in [2.45, 2.75) is 6.54 Å². The first-order valence-corrected chi connectivity index (χ1v) is 6.82. The topological polar surface area (TPSA) is 78.9 Å². The predicted octanol–water partition coefficient (Wildman–Crippen LogP) is 1.69. The molecule has 0 spiro atoms. The number of nitrogens with zero attached hydrogens (tertiary/aromatic N) is 1.